The van der Waals surface area contributed by atoms with Gasteiger partial charge in [-0.2, -0.15) is 13.5 Å². The van der Waals surface area contributed by atoms with Crippen molar-refractivity contribution in [2.75, 3.05) is 6.54 Å². The number of nitrogens with one attached hydrogen (secondary N) is 1. The third kappa shape index (κ3) is 5.05. The van der Waals surface area contributed by atoms with E-state index in [1.54, 1.807) is 24.3 Å². The topological polar surface area (TPSA) is 85.9 Å². The largest absolute Gasteiger partial charge is 0.302 e. The molecule has 1 aliphatic heterocycles. The lowest BCUT2D eigenvalue weighted by atomic mass is 9.90. The van der Waals surface area contributed by atoms with Crippen molar-refractivity contribution in [1.29, 1.82) is 5.41 Å². The molecule has 4 rings (SSSR count). The standard InChI is InChI=1S/C25H23ClN4O2S/c1-17-8-14-22(15-9-17)33(31,32)29-25(18(2)27)30-16-23(19-6-4-3-5-7-19)24(28-30)20-10-12-21(26)13-11-20/h3-15,23,27H,16H2,1-2H3/b27-18?,29-25+. The Bertz CT molecular complexity index is 1330. The van der Waals surface area contributed by atoms with Crippen LogP contribution in [0, 0.1) is 12.3 Å². The number of benzene rings is 3. The smallest absolute Gasteiger partial charge is 0.284 e. The highest BCUT2D eigenvalue weighted by Gasteiger charge is 2.33. The van der Waals surface area contributed by atoms with Gasteiger partial charge in [0.2, 0.25) is 0 Å². The second-order valence-electron chi connectivity index (χ2n) is 7.87. The van der Waals surface area contributed by atoms with Crippen LogP contribution in [0.1, 0.15) is 29.5 Å². The van der Waals surface area contributed by atoms with Gasteiger partial charge in [0.1, 0.15) is 0 Å². The van der Waals surface area contributed by atoms with Crippen molar-refractivity contribution in [3.8, 4) is 0 Å². The molecule has 0 bridgehead atoms. The first kappa shape index (κ1) is 22.9. The molecule has 0 amide bonds. The van der Waals surface area contributed by atoms with Gasteiger partial charge < -0.3 is 5.41 Å². The van der Waals surface area contributed by atoms with E-state index in [0.717, 1.165) is 22.4 Å². The minimum absolute atomic E-state index is 0.000435. The van der Waals surface area contributed by atoms with E-state index >= 15 is 0 Å². The Balaban J connectivity index is 1.78. The van der Waals surface area contributed by atoms with Crippen LogP contribution in [-0.4, -0.2) is 37.2 Å². The summed E-state index contributed by atoms with van der Waals surface area (Å²) in [5, 5.41) is 15.1. The van der Waals surface area contributed by atoms with Crippen LogP contribution in [0.15, 0.2) is 93.3 Å². The zero-order chi connectivity index (χ0) is 23.6. The molecule has 1 N–H and O–H groups in total. The highest BCUT2D eigenvalue weighted by Crippen LogP contribution is 2.30. The Morgan fingerprint density at radius 3 is 2.27 bits per heavy atom. The third-order valence-electron chi connectivity index (χ3n) is 5.36. The molecule has 0 saturated carbocycles. The number of sulfonamides is 1. The van der Waals surface area contributed by atoms with Crippen LogP contribution in [0.3, 0.4) is 0 Å². The lowest BCUT2D eigenvalue weighted by Crippen LogP contribution is -2.31. The average Bonchev–Trinajstić information content (AvgIpc) is 3.24. The van der Waals surface area contributed by atoms with Crippen molar-refractivity contribution in [3.05, 3.63) is 101 Å². The first-order chi connectivity index (χ1) is 15.7. The number of rotatable bonds is 5. The summed E-state index contributed by atoms with van der Waals surface area (Å²) < 4.78 is 30.0. The summed E-state index contributed by atoms with van der Waals surface area (Å²) in [4.78, 5) is 0.0764. The van der Waals surface area contributed by atoms with E-state index in [-0.39, 0.29) is 22.4 Å². The normalized spacial score (nSPS) is 16.6. The van der Waals surface area contributed by atoms with E-state index in [1.807, 2.05) is 49.4 Å². The molecule has 3 aromatic rings. The summed E-state index contributed by atoms with van der Waals surface area (Å²) in [6.07, 6.45) is 0. The van der Waals surface area contributed by atoms with Crippen LogP contribution in [0.4, 0.5) is 0 Å². The highest BCUT2D eigenvalue weighted by atomic mass is 35.5. The van der Waals surface area contributed by atoms with Crippen LogP contribution in [0.25, 0.3) is 0 Å². The second kappa shape index (κ2) is 9.29. The fourth-order valence-electron chi connectivity index (χ4n) is 3.65. The van der Waals surface area contributed by atoms with Gasteiger partial charge in [0.05, 0.1) is 22.9 Å². The number of halogens is 1. The van der Waals surface area contributed by atoms with Crippen molar-refractivity contribution in [2.45, 2.75) is 24.7 Å². The molecule has 0 radical (unpaired) electrons. The number of hydrazone groups is 1. The predicted molar refractivity (Wildman–Crippen MR) is 133 cm³/mol. The van der Waals surface area contributed by atoms with Crippen LogP contribution in [-0.2, 0) is 10.0 Å². The van der Waals surface area contributed by atoms with Gasteiger partial charge in [-0.3, -0.25) is 0 Å². The van der Waals surface area contributed by atoms with Gasteiger partial charge in [-0.25, -0.2) is 5.01 Å². The molecule has 1 atom stereocenters. The maximum absolute atomic E-state index is 13.0. The summed E-state index contributed by atoms with van der Waals surface area (Å²) in [7, 11) is -4.01. The van der Waals surface area contributed by atoms with Gasteiger partial charge in [-0.05, 0) is 49.2 Å². The Hall–Kier alpha value is -3.29. The molecule has 0 aliphatic carbocycles. The molecule has 1 unspecified atom stereocenters. The minimum atomic E-state index is -4.01. The Kier molecular flexibility index (Phi) is 6.44. The first-order valence-corrected chi connectivity index (χ1v) is 12.2. The Morgan fingerprint density at radius 1 is 1.03 bits per heavy atom. The minimum Gasteiger partial charge on any atom is -0.302 e. The van der Waals surface area contributed by atoms with Crippen molar-refractivity contribution in [2.24, 2.45) is 9.50 Å². The maximum Gasteiger partial charge on any atom is 0.284 e. The molecule has 168 valence electrons. The molecular formula is C25H23ClN4O2S. The molecule has 8 heteroatoms. The SMILES string of the molecule is CC(=N)/C(=N\S(=O)(=O)c1ccc(C)cc1)N1CC(c2ccccc2)C(c2ccc(Cl)cc2)=N1. The lowest BCUT2D eigenvalue weighted by molar-refractivity contribution is 0.480. The molecule has 6 nitrogen and oxygen atoms in total. The molecule has 1 aliphatic rings. The van der Waals surface area contributed by atoms with E-state index in [9.17, 15) is 8.42 Å². The van der Waals surface area contributed by atoms with Crippen LogP contribution in [0.5, 0.6) is 0 Å². The summed E-state index contributed by atoms with van der Waals surface area (Å²) in [6.45, 7) is 3.76. The highest BCUT2D eigenvalue weighted by molar-refractivity contribution is 7.90. The quantitative estimate of drug-likeness (QED) is 0.400. The summed E-state index contributed by atoms with van der Waals surface area (Å²) >= 11 is 6.07. The predicted octanol–water partition coefficient (Wildman–Crippen LogP) is 5.28. The maximum atomic E-state index is 13.0. The van der Waals surface area contributed by atoms with E-state index in [2.05, 4.69) is 4.40 Å². The summed E-state index contributed by atoms with van der Waals surface area (Å²) in [5.41, 5.74) is 3.64. The lowest BCUT2D eigenvalue weighted by Gasteiger charge is -2.18. The third-order valence-corrected chi connectivity index (χ3v) is 6.89. The van der Waals surface area contributed by atoms with Gasteiger partial charge in [0.15, 0.2) is 5.84 Å². The molecular weight excluding hydrogens is 456 g/mol. The zero-order valence-corrected chi connectivity index (χ0v) is 19.8. The number of hydrogen-bond donors (Lipinski definition) is 1. The van der Waals surface area contributed by atoms with Crippen molar-refractivity contribution in [3.63, 3.8) is 0 Å². The van der Waals surface area contributed by atoms with Crippen LogP contribution >= 0.6 is 11.6 Å². The van der Waals surface area contributed by atoms with Crippen molar-refractivity contribution >= 4 is 38.9 Å². The van der Waals surface area contributed by atoms with E-state index < -0.39 is 10.0 Å². The number of hydrogen-bond acceptors (Lipinski definition) is 4. The van der Waals surface area contributed by atoms with Crippen molar-refractivity contribution in [1.82, 2.24) is 5.01 Å². The van der Waals surface area contributed by atoms with Gasteiger partial charge in [0.25, 0.3) is 10.0 Å². The molecule has 0 fully saturated rings. The van der Waals surface area contributed by atoms with Gasteiger partial charge in [0, 0.05) is 10.9 Å². The zero-order valence-electron chi connectivity index (χ0n) is 18.2. The Morgan fingerprint density at radius 2 is 1.67 bits per heavy atom. The van der Waals surface area contributed by atoms with E-state index in [1.165, 1.54) is 24.1 Å². The number of nitrogens with zero attached hydrogens (tertiary/aromatic N) is 3. The summed E-state index contributed by atoms with van der Waals surface area (Å²) in [5.74, 6) is -0.125. The van der Waals surface area contributed by atoms with E-state index in [4.69, 9.17) is 22.1 Å². The fourth-order valence-corrected chi connectivity index (χ4v) is 4.82. The molecule has 33 heavy (non-hydrogen) atoms. The van der Waals surface area contributed by atoms with Gasteiger partial charge in [-0.1, -0.05) is 71.8 Å². The number of amidine groups is 1. The van der Waals surface area contributed by atoms with Crippen LogP contribution in [0.2, 0.25) is 5.02 Å². The summed E-state index contributed by atoms with van der Waals surface area (Å²) in [6, 6.07) is 23.7. The second-order valence-corrected chi connectivity index (χ2v) is 9.91. The Labute approximate surface area is 198 Å². The van der Waals surface area contributed by atoms with E-state index in [0.29, 0.717) is 11.6 Å². The molecule has 3 aromatic carbocycles. The molecule has 0 saturated heterocycles. The molecule has 0 spiro atoms. The molecule has 0 aromatic heterocycles. The average molecular weight is 479 g/mol. The number of aryl methyl sites for hydroxylation is 1. The monoisotopic (exact) mass is 478 g/mol. The van der Waals surface area contributed by atoms with Gasteiger partial charge >= 0.3 is 0 Å². The van der Waals surface area contributed by atoms with Gasteiger partial charge in [-0.15, -0.1) is 4.40 Å². The van der Waals surface area contributed by atoms with Crippen LogP contribution < -0.4 is 0 Å². The fraction of sp³-hybridized carbons (Fsp3) is 0.160. The molecule has 1 heterocycles. The first-order valence-electron chi connectivity index (χ1n) is 10.4. The van der Waals surface area contributed by atoms with Crippen molar-refractivity contribution < 1.29 is 8.42 Å².